The van der Waals surface area contributed by atoms with Gasteiger partial charge in [0, 0.05) is 45.6 Å². The van der Waals surface area contributed by atoms with Crippen LogP contribution in [-0.2, 0) is 18.3 Å². The number of aryl methyl sites for hydroxylation is 1. The average Bonchev–Trinajstić information content (AvgIpc) is 3.07. The lowest BCUT2D eigenvalue weighted by Crippen LogP contribution is -2.45. The molecule has 2 heterocycles. The van der Waals surface area contributed by atoms with Crippen molar-refractivity contribution < 1.29 is 9.53 Å². The van der Waals surface area contributed by atoms with Crippen molar-refractivity contribution in [1.82, 2.24) is 20.1 Å². The molecule has 6 heteroatoms. The highest BCUT2D eigenvalue weighted by molar-refractivity contribution is 5.73. The molecule has 0 saturated carbocycles. The fraction of sp³-hybridized carbons (Fsp3) is 0.421. The summed E-state index contributed by atoms with van der Waals surface area (Å²) in [6.07, 6.45) is 3.97. The van der Waals surface area contributed by atoms with E-state index in [9.17, 15) is 4.79 Å². The number of amides is 2. The number of ether oxygens (including phenoxy) is 1. The molecule has 3 rings (SSSR count). The number of nitrogens with zero attached hydrogens (tertiary/aromatic N) is 2. The molecule has 0 spiro atoms. The number of rotatable bonds is 6. The number of benzene rings is 1. The molecule has 134 valence electrons. The van der Waals surface area contributed by atoms with E-state index in [-0.39, 0.29) is 12.1 Å². The summed E-state index contributed by atoms with van der Waals surface area (Å²) in [5, 5.41) is 5.93. The number of carbonyl (C=O) groups is 1. The van der Waals surface area contributed by atoms with Crippen LogP contribution in [0, 0.1) is 0 Å². The molecule has 1 unspecified atom stereocenters. The zero-order valence-electron chi connectivity index (χ0n) is 14.6. The molecule has 1 fully saturated rings. The first-order chi connectivity index (χ1) is 12.2. The van der Waals surface area contributed by atoms with Crippen LogP contribution in [0.1, 0.15) is 17.2 Å². The van der Waals surface area contributed by atoms with Crippen molar-refractivity contribution in [2.75, 3.05) is 32.8 Å². The third-order valence-corrected chi connectivity index (χ3v) is 4.47. The molecule has 1 aliphatic heterocycles. The van der Waals surface area contributed by atoms with Gasteiger partial charge in [0.1, 0.15) is 0 Å². The van der Waals surface area contributed by atoms with Gasteiger partial charge in [-0.05, 0) is 17.2 Å². The lowest BCUT2D eigenvalue weighted by Gasteiger charge is -2.34. The van der Waals surface area contributed by atoms with Crippen LogP contribution in [0.25, 0.3) is 0 Å². The topological polar surface area (TPSA) is 58.5 Å². The second kappa shape index (κ2) is 8.69. The molecular weight excluding hydrogens is 316 g/mol. The summed E-state index contributed by atoms with van der Waals surface area (Å²) in [6, 6.07) is 12.3. The summed E-state index contributed by atoms with van der Waals surface area (Å²) in [5.74, 6) is 0. The van der Waals surface area contributed by atoms with Crippen molar-refractivity contribution in [3.8, 4) is 0 Å². The van der Waals surface area contributed by atoms with Crippen molar-refractivity contribution in [1.29, 1.82) is 0 Å². The molecular formula is C19H26N4O2. The zero-order chi connectivity index (χ0) is 17.5. The fourth-order valence-corrected chi connectivity index (χ4v) is 3.12. The van der Waals surface area contributed by atoms with E-state index in [2.05, 4.69) is 27.7 Å². The third-order valence-electron chi connectivity index (χ3n) is 4.47. The quantitative estimate of drug-likeness (QED) is 0.843. The van der Waals surface area contributed by atoms with Crippen molar-refractivity contribution in [3.05, 3.63) is 59.9 Å². The van der Waals surface area contributed by atoms with Crippen LogP contribution in [0.2, 0.25) is 0 Å². The number of morpholine rings is 1. The molecule has 2 N–H and O–H groups in total. The van der Waals surface area contributed by atoms with E-state index in [1.54, 1.807) is 0 Å². The Labute approximate surface area is 148 Å². The van der Waals surface area contributed by atoms with Crippen LogP contribution in [0.5, 0.6) is 0 Å². The molecule has 2 amide bonds. The summed E-state index contributed by atoms with van der Waals surface area (Å²) in [6.45, 7) is 4.34. The average molecular weight is 342 g/mol. The third kappa shape index (κ3) is 5.08. The maximum Gasteiger partial charge on any atom is 0.315 e. The smallest absolute Gasteiger partial charge is 0.315 e. The van der Waals surface area contributed by atoms with Crippen molar-refractivity contribution in [2.45, 2.75) is 12.6 Å². The van der Waals surface area contributed by atoms with E-state index >= 15 is 0 Å². The minimum absolute atomic E-state index is 0.141. The Balaban J connectivity index is 1.55. The minimum atomic E-state index is -0.141. The molecule has 25 heavy (non-hydrogen) atoms. The van der Waals surface area contributed by atoms with Gasteiger partial charge >= 0.3 is 6.03 Å². The van der Waals surface area contributed by atoms with Crippen LogP contribution < -0.4 is 10.6 Å². The van der Waals surface area contributed by atoms with Gasteiger partial charge in [0.25, 0.3) is 0 Å². The van der Waals surface area contributed by atoms with Gasteiger partial charge in [-0.2, -0.15) is 0 Å². The summed E-state index contributed by atoms with van der Waals surface area (Å²) in [7, 11) is 1.97. The predicted molar refractivity (Wildman–Crippen MR) is 97.2 cm³/mol. The number of hydrogen-bond acceptors (Lipinski definition) is 3. The van der Waals surface area contributed by atoms with Gasteiger partial charge in [-0.1, -0.05) is 30.3 Å². The number of urea groups is 1. The Hall–Kier alpha value is -2.31. The fourth-order valence-electron chi connectivity index (χ4n) is 3.12. The first-order valence-corrected chi connectivity index (χ1v) is 8.71. The van der Waals surface area contributed by atoms with E-state index in [1.165, 1.54) is 5.56 Å². The van der Waals surface area contributed by atoms with Gasteiger partial charge in [-0.3, -0.25) is 4.90 Å². The summed E-state index contributed by atoms with van der Waals surface area (Å²) < 4.78 is 7.43. The minimum Gasteiger partial charge on any atom is -0.379 e. The Morgan fingerprint density at radius 1 is 1.16 bits per heavy atom. The molecule has 1 saturated heterocycles. The number of carbonyl (C=O) groups excluding carboxylic acids is 1. The number of hydrogen-bond donors (Lipinski definition) is 2. The maximum atomic E-state index is 12.2. The van der Waals surface area contributed by atoms with Crippen molar-refractivity contribution in [3.63, 3.8) is 0 Å². The molecule has 2 aromatic rings. The van der Waals surface area contributed by atoms with Crippen LogP contribution >= 0.6 is 0 Å². The second-order valence-corrected chi connectivity index (χ2v) is 6.32. The van der Waals surface area contributed by atoms with Crippen LogP contribution in [-0.4, -0.2) is 48.3 Å². The van der Waals surface area contributed by atoms with E-state index < -0.39 is 0 Å². The van der Waals surface area contributed by atoms with E-state index in [0.29, 0.717) is 13.1 Å². The van der Waals surface area contributed by atoms with Crippen molar-refractivity contribution in [2.24, 2.45) is 7.05 Å². The van der Waals surface area contributed by atoms with Gasteiger partial charge in [0.2, 0.25) is 0 Å². The molecule has 1 aromatic carbocycles. The van der Waals surface area contributed by atoms with Gasteiger partial charge in [0.15, 0.2) is 0 Å². The van der Waals surface area contributed by atoms with Gasteiger partial charge < -0.3 is 19.9 Å². The largest absolute Gasteiger partial charge is 0.379 e. The number of nitrogens with one attached hydrogen (secondary N) is 2. The van der Waals surface area contributed by atoms with Crippen LogP contribution in [0.4, 0.5) is 4.79 Å². The molecule has 1 aromatic heterocycles. The van der Waals surface area contributed by atoms with Crippen LogP contribution in [0.15, 0.2) is 48.8 Å². The molecule has 1 atom stereocenters. The first kappa shape index (κ1) is 17.5. The second-order valence-electron chi connectivity index (χ2n) is 6.32. The van der Waals surface area contributed by atoms with E-state index in [0.717, 1.165) is 31.9 Å². The Bertz CT molecular complexity index is 665. The van der Waals surface area contributed by atoms with Gasteiger partial charge in [0.05, 0.1) is 19.3 Å². The van der Waals surface area contributed by atoms with Crippen LogP contribution in [0.3, 0.4) is 0 Å². The number of aromatic nitrogens is 1. The molecule has 0 radical (unpaired) electrons. The molecule has 0 bridgehead atoms. The SMILES string of the molecule is Cn1ccc(CNC(=O)NCC(c2ccccc2)N2CCOCC2)c1. The summed E-state index contributed by atoms with van der Waals surface area (Å²) in [5.41, 5.74) is 2.30. The van der Waals surface area contributed by atoms with Gasteiger partial charge in [-0.25, -0.2) is 4.79 Å². The standard InChI is InChI=1S/C19H26N4O2/c1-22-8-7-16(15-22)13-20-19(24)21-14-18(17-5-3-2-4-6-17)23-9-11-25-12-10-23/h2-8,15,18H,9-14H2,1H3,(H2,20,21,24). The Morgan fingerprint density at radius 3 is 2.60 bits per heavy atom. The molecule has 6 nitrogen and oxygen atoms in total. The monoisotopic (exact) mass is 342 g/mol. The zero-order valence-corrected chi connectivity index (χ0v) is 14.6. The van der Waals surface area contributed by atoms with E-state index in [1.807, 2.05) is 48.3 Å². The predicted octanol–water partition coefficient (Wildman–Crippen LogP) is 1.90. The highest BCUT2D eigenvalue weighted by atomic mass is 16.5. The first-order valence-electron chi connectivity index (χ1n) is 8.71. The Morgan fingerprint density at radius 2 is 1.92 bits per heavy atom. The molecule has 0 aliphatic carbocycles. The maximum absolute atomic E-state index is 12.2. The summed E-state index contributed by atoms with van der Waals surface area (Å²) in [4.78, 5) is 14.5. The van der Waals surface area contributed by atoms with E-state index in [4.69, 9.17) is 4.74 Å². The van der Waals surface area contributed by atoms with Crippen molar-refractivity contribution >= 4 is 6.03 Å². The lowest BCUT2D eigenvalue weighted by atomic mass is 10.0. The normalized spacial score (nSPS) is 16.4. The highest BCUT2D eigenvalue weighted by Crippen LogP contribution is 2.20. The Kier molecular flexibility index (Phi) is 6.09. The lowest BCUT2D eigenvalue weighted by molar-refractivity contribution is 0.0167. The summed E-state index contributed by atoms with van der Waals surface area (Å²) >= 11 is 0. The molecule has 1 aliphatic rings. The van der Waals surface area contributed by atoms with Gasteiger partial charge in [-0.15, -0.1) is 0 Å². The highest BCUT2D eigenvalue weighted by Gasteiger charge is 2.22.